The Labute approximate surface area is 70.3 Å². The molecule has 0 spiro atoms. The Kier molecular flexibility index (Phi) is 4.45. The van der Waals surface area contributed by atoms with Gasteiger partial charge in [-0.1, -0.05) is 13.8 Å². The van der Waals surface area contributed by atoms with Gasteiger partial charge in [0.2, 0.25) is 0 Å². The largest absolute Gasteiger partial charge is 0.526 e. The minimum Gasteiger partial charge on any atom is -0.377 e. The summed E-state index contributed by atoms with van der Waals surface area (Å²) >= 11 is 0. The Morgan fingerprint density at radius 3 is 2.08 bits per heavy atom. The highest BCUT2D eigenvalue weighted by Gasteiger charge is 2.19. The lowest BCUT2D eigenvalue weighted by molar-refractivity contribution is 0.196. The maximum Gasteiger partial charge on any atom is 0.526 e. The summed E-state index contributed by atoms with van der Waals surface area (Å²) in [5.74, 6) is 0. The van der Waals surface area contributed by atoms with Gasteiger partial charge in [0.05, 0.1) is 0 Å². The molecule has 0 aliphatic carbocycles. The molecule has 0 heterocycles. The van der Waals surface area contributed by atoms with Gasteiger partial charge >= 0.3 is 7.82 Å². The number of hydrogen-bond donors (Lipinski definition) is 2. The monoisotopic (exact) mass is 198 g/mol. The van der Waals surface area contributed by atoms with E-state index in [-0.39, 0.29) is 5.57 Å². The molecule has 0 saturated heterocycles. The van der Waals surface area contributed by atoms with Crippen molar-refractivity contribution in [1.82, 2.24) is 0 Å². The number of rotatable bonds is 4. The summed E-state index contributed by atoms with van der Waals surface area (Å²) < 4.78 is 26.7. The molecule has 0 radical (unpaired) electrons. The first-order valence-electron chi connectivity index (χ1n) is 3.53. The summed E-state index contributed by atoms with van der Waals surface area (Å²) in [6.45, 7) is 3.36. The number of allylic oxidation sites excluding steroid dienone is 1. The molecule has 0 aliphatic rings. The Bertz CT molecular complexity index is 214. The van der Waals surface area contributed by atoms with Gasteiger partial charge in [-0.15, -0.1) is 0 Å². The van der Waals surface area contributed by atoms with Crippen LogP contribution in [0, 0.1) is 0 Å². The number of halogens is 1. The Morgan fingerprint density at radius 1 is 1.42 bits per heavy atom. The van der Waals surface area contributed by atoms with Crippen LogP contribution in [0.1, 0.15) is 26.7 Å². The number of phosphoric ester groups is 1. The molecule has 0 atom stereocenters. The van der Waals surface area contributed by atoms with Crippen LogP contribution >= 0.6 is 7.82 Å². The first-order chi connectivity index (χ1) is 5.40. The Hall–Kier alpha value is -0.380. The second kappa shape index (κ2) is 4.60. The quantitative estimate of drug-likeness (QED) is 0.536. The van der Waals surface area contributed by atoms with Crippen LogP contribution in [0.3, 0.4) is 0 Å². The third kappa shape index (κ3) is 4.49. The Morgan fingerprint density at radius 2 is 1.83 bits per heavy atom. The van der Waals surface area contributed by atoms with Crippen LogP contribution in [0.5, 0.6) is 0 Å². The molecule has 72 valence electrons. The normalized spacial score (nSPS) is 11.1. The van der Waals surface area contributed by atoms with Crippen molar-refractivity contribution in [3.05, 3.63) is 11.6 Å². The second-order valence-electron chi connectivity index (χ2n) is 2.17. The highest BCUT2D eigenvalue weighted by Crippen LogP contribution is 2.40. The molecule has 0 rings (SSSR count). The van der Waals surface area contributed by atoms with Crippen LogP contribution in [0.4, 0.5) is 4.39 Å². The van der Waals surface area contributed by atoms with Gasteiger partial charge in [0.15, 0.2) is 0 Å². The van der Waals surface area contributed by atoms with E-state index in [9.17, 15) is 8.96 Å². The van der Waals surface area contributed by atoms with Crippen molar-refractivity contribution in [3.8, 4) is 0 Å². The maximum atomic E-state index is 12.7. The molecule has 0 aromatic heterocycles. The fourth-order valence-electron chi connectivity index (χ4n) is 0.697. The summed E-state index contributed by atoms with van der Waals surface area (Å²) in [6, 6.07) is -1.16. The van der Waals surface area contributed by atoms with Crippen LogP contribution < -0.4 is 0 Å². The van der Waals surface area contributed by atoms with E-state index >= 15 is 0 Å². The molecule has 0 aliphatic heterocycles. The van der Waals surface area contributed by atoms with Gasteiger partial charge in [-0.3, -0.25) is 9.79 Å². The fraction of sp³-hybridized carbons (Fsp3) is 0.667. The standard InChI is InChI=1S/C6H12FO4P/c1-3-5(4-2)6(7)11-12(8,9)10/h3-4H2,1-2H3,(H2,8,9,10). The lowest BCUT2D eigenvalue weighted by Crippen LogP contribution is -1.90. The SMILES string of the molecule is CCC(CC)=C(F)OP(=O)(O)O. The molecule has 0 aromatic rings. The van der Waals surface area contributed by atoms with Gasteiger partial charge in [0, 0.05) is 5.57 Å². The van der Waals surface area contributed by atoms with Gasteiger partial charge < -0.3 is 4.52 Å². The molecule has 0 aromatic carbocycles. The lowest BCUT2D eigenvalue weighted by atomic mass is 10.2. The molecular weight excluding hydrogens is 186 g/mol. The van der Waals surface area contributed by atoms with Crippen LogP contribution in [-0.2, 0) is 9.09 Å². The van der Waals surface area contributed by atoms with Crippen molar-refractivity contribution in [1.29, 1.82) is 0 Å². The number of hydrogen-bond acceptors (Lipinski definition) is 2. The summed E-state index contributed by atoms with van der Waals surface area (Å²) in [6.07, 6.45) is 0.755. The average molecular weight is 198 g/mol. The van der Waals surface area contributed by atoms with Gasteiger partial charge in [-0.05, 0) is 12.8 Å². The van der Waals surface area contributed by atoms with Gasteiger partial charge in [-0.2, -0.15) is 4.39 Å². The minimum absolute atomic E-state index is 0.262. The van der Waals surface area contributed by atoms with Crippen molar-refractivity contribution >= 4 is 7.82 Å². The second-order valence-corrected chi connectivity index (χ2v) is 3.33. The third-order valence-electron chi connectivity index (χ3n) is 1.33. The van der Waals surface area contributed by atoms with Gasteiger partial charge in [-0.25, -0.2) is 4.57 Å². The first-order valence-corrected chi connectivity index (χ1v) is 5.06. The zero-order valence-electron chi connectivity index (χ0n) is 6.95. The van der Waals surface area contributed by atoms with E-state index in [0.29, 0.717) is 12.8 Å². The van der Waals surface area contributed by atoms with E-state index in [1.54, 1.807) is 13.8 Å². The molecule has 0 fully saturated rings. The third-order valence-corrected chi connectivity index (χ3v) is 1.73. The van der Waals surface area contributed by atoms with E-state index in [1.807, 2.05) is 0 Å². The fourth-order valence-corrected chi connectivity index (χ4v) is 1.03. The molecule has 4 nitrogen and oxygen atoms in total. The van der Waals surface area contributed by atoms with E-state index in [0.717, 1.165) is 0 Å². The highest BCUT2D eigenvalue weighted by molar-refractivity contribution is 7.46. The lowest BCUT2D eigenvalue weighted by Gasteiger charge is -2.07. The topological polar surface area (TPSA) is 66.8 Å². The molecule has 0 amide bonds. The molecule has 0 unspecified atom stereocenters. The van der Waals surface area contributed by atoms with Crippen molar-refractivity contribution in [2.24, 2.45) is 0 Å². The Balaban J connectivity index is 4.45. The predicted molar refractivity (Wildman–Crippen MR) is 41.8 cm³/mol. The summed E-state index contributed by atoms with van der Waals surface area (Å²) in [5, 5.41) is 0. The van der Waals surface area contributed by atoms with Gasteiger partial charge in [0.25, 0.3) is 6.01 Å². The van der Waals surface area contributed by atoms with E-state index in [4.69, 9.17) is 9.79 Å². The predicted octanol–water partition coefficient (Wildman–Crippen LogP) is 2.10. The number of phosphoric acid groups is 1. The molecule has 6 heteroatoms. The van der Waals surface area contributed by atoms with E-state index in [2.05, 4.69) is 4.52 Å². The zero-order chi connectivity index (χ0) is 9.78. The summed E-state index contributed by atoms with van der Waals surface area (Å²) in [5.41, 5.74) is 0.262. The summed E-state index contributed by atoms with van der Waals surface area (Å²) in [7, 11) is -4.73. The molecule has 12 heavy (non-hydrogen) atoms. The van der Waals surface area contributed by atoms with Crippen molar-refractivity contribution in [2.75, 3.05) is 0 Å². The molecule has 0 saturated carbocycles. The van der Waals surface area contributed by atoms with Crippen molar-refractivity contribution < 1.29 is 23.3 Å². The molecular formula is C6H12FO4P. The van der Waals surface area contributed by atoms with Crippen LogP contribution in [-0.4, -0.2) is 9.79 Å². The summed E-state index contributed by atoms with van der Waals surface area (Å²) in [4.78, 5) is 16.5. The van der Waals surface area contributed by atoms with Crippen LogP contribution in [0.2, 0.25) is 0 Å². The molecule has 0 bridgehead atoms. The minimum atomic E-state index is -4.73. The van der Waals surface area contributed by atoms with Crippen LogP contribution in [0.25, 0.3) is 0 Å². The average Bonchev–Trinajstić information content (AvgIpc) is 1.85. The highest BCUT2D eigenvalue weighted by atomic mass is 31.2. The van der Waals surface area contributed by atoms with Crippen molar-refractivity contribution in [2.45, 2.75) is 26.7 Å². The van der Waals surface area contributed by atoms with E-state index < -0.39 is 13.8 Å². The van der Waals surface area contributed by atoms with Crippen LogP contribution in [0.15, 0.2) is 11.6 Å². The van der Waals surface area contributed by atoms with Crippen molar-refractivity contribution in [3.63, 3.8) is 0 Å². The van der Waals surface area contributed by atoms with E-state index in [1.165, 1.54) is 0 Å². The zero-order valence-corrected chi connectivity index (χ0v) is 7.84. The molecule has 2 N–H and O–H groups in total. The smallest absolute Gasteiger partial charge is 0.377 e. The van der Waals surface area contributed by atoms with Gasteiger partial charge in [0.1, 0.15) is 0 Å². The maximum absolute atomic E-state index is 12.7. The first kappa shape index (κ1) is 11.6.